The van der Waals surface area contributed by atoms with Crippen LogP contribution in [0.15, 0.2) is 29.1 Å². The van der Waals surface area contributed by atoms with Crippen molar-refractivity contribution in [2.75, 3.05) is 19.7 Å². The first-order valence-electron chi connectivity index (χ1n) is 7.49. The number of carbonyl (C=O) groups excluding carboxylic acids is 1. The number of hydrogen-bond acceptors (Lipinski definition) is 5. The molecule has 2 heterocycles. The molecule has 0 spiro atoms. The minimum atomic E-state index is -0.387. The van der Waals surface area contributed by atoms with Crippen LogP contribution in [-0.2, 0) is 11.3 Å². The summed E-state index contributed by atoms with van der Waals surface area (Å²) in [6.45, 7) is 3.92. The van der Waals surface area contributed by atoms with E-state index in [4.69, 9.17) is 4.74 Å². The van der Waals surface area contributed by atoms with Gasteiger partial charge < -0.3 is 10.1 Å². The van der Waals surface area contributed by atoms with Crippen LogP contribution < -0.4 is 15.7 Å². The van der Waals surface area contributed by atoms with E-state index in [9.17, 15) is 9.59 Å². The Balaban J connectivity index is 1.58. The highest BCUT2D eigenvalue weighted by Gasteiger charge is 2.19. The molecule has 3 rings (SSSR count). The molecule has 0 unspecified atom stereocenters. The van der Waals surface area contributed by atoms with Crippen molar-refractivity contribution in [3.8, 4) is 5.75 Å². The van der Waals surface area contributed by atoms with Gasteiger partial charge in [-0.05, 0) is 13.0 Å². The van der Waals surface area contributed by atoms with E-state index >= 15 is 0 Å². The van der Waals surface area contributed by atoms with Gasteiger partial charge in [0, 0.05) is 18.7 Å². The lowest BCUT2D eigenvalue weighted by Gasteiger charge is -2.20. The van der Waals surface area contributed by atoms with Crippen LogP contribution >= 0.6 is 0 Å². The van der Waals surface area contributed by atoms with Crippen molar-refractivity contribution in [2.45, 2.75) is 19.5 Å². The Kier molecular flexibility index (Phi) is 4.42. The molecule has 23 heavy (non-hydrogen) atoms. The van der Waals surface area contributed by atoms with Crippen LogP contribution in [-0.4, -0.2) is 45.7 Å². The van der Waals surface area contributed by atoms with Gasteiger partial charge in [-0.2, -0.15) is 5.10 Å². The molecule has 1 aliphatic heterocycles. The Morgan fingerprint density at radius 2 is 2.30 bits per heavy atom. The summed E-state index contributed by atoms with van der Waals surface area (Å²) in [6, 6.07) is 7.48. The van der Waals surface area contributed by atoms with Crippen molar-refractivity contribution in [1.29, 1.82) is 0 Å². The Morgan fingerprint density at radius 3 is 3.09 bits per heavy atom. The fraction of sp³-hybridized carbons (Fsp3) is 0.400. The highest BCUT2D eigenvalue weighted by molar-refractivity contribution is 5.78. The lowest BCUT2D eigenvalue weighted by molar-refractivity contribution is -0.123. The molecule has 0 fully saturated rings. The smallest absolute Gasteiger partial charge is 0.340 e. The predicted octanol–water partition coefficient (Wildman–Crippen LogP) is 0.170. The van der Waals surface area contributed by atoms with E-state index in [0.29, 0.717) is 25.5 Å². The number of nitrogens with one attached hydrogen (secondary N) is 3. The van der Waals surface area contributed by atoms with Crippen LogP contribution in [0.1, 0.15) is 24.4 Å². The Hall–Kier alpha value is -2.61. The number of ether oxygens (including phenoxy) is 1. The lowest BCUT2D eigenvalue weighted by atomic mass is 10.2. The number of carbonyl (C=O) groups is 1. The molecule has 1 aliphatic rings. The summed E-state index contributed by atoms with van der Waals surface area (Å²) in [4.78, 5) is 27.8. The first-order valence-corrected chi connectivity index (χ1v) is 7.49. The summed E-state index contributed by atoms with van der Waals surface area (Å²) in [7, 11) is 0. The zero-order valence-electron chi connectivity index (χ0n) is 12.8. The zero-order valence-corrected chi connectivity index (χ0v) is 12.8. The first kappa shape index (κ1) is 15.3. The van der Waals surface area contributed by atoms with Crippen LogP contribution in [0.2, 0.25) is 0 Å². The number of aromatic amines is 2. The largest absolute Gasteiger partial charge is 0.492 e. The van der Waals surface area contributed by atoms with Crippen molar-refractivity contribution >= 4 is 5.91 Å². The normalized spacial score (nSPS) is 16.0. The summed E-state index contributed by atoms with van der Waals surface area (Å²) < 4.78 is 5.69. The monoisotopic (exact) mass is 317 g/mol. The van der Waals surface area contributed by atoms with E-state index in [-0.39, 0.29) is 24.2 Å². The molecule has 2 aromatic rings. The van der Waals surface area contributed by atoms with Crippen molar-refractivity contribution in [3.05, 3.63) is 46.1 Å². The molecule has 122 valence electrons. The molecule has 8 heteroatoms. The Bertz CT molecular complexity index is 738. The van der Waals surface area contributed by atoms with Gasteiger partial charge in [-0.15, -0.1) is 0 Å². The molecule has 0 aliphatic carbocycles. The summed E-state index contributed by atoms with van der Waals surface area (Å²) in [6.07, 6.45) is 0. The van der Waals surface area contributed by atoms with Gasteiger partial charge in [-0.3, -0.25) is 14.7 Å². The van der Waals surface area contributed by atoms with Gasteiger partial charge in [0.15, 0.2) is 5.82 Å². The molecule has 3 N–H and O–H groups in total. The van der Waals surface area contributed by atoms with Crippen LogP contribution in [0.4, 0.5) is 0 Å². The number of rotatable bonds is 4. The minimum Gasteiger partial charge on any atom is -0.492 e. The van der Waals surface area contributed by atoms with E-state index in [1.807, 2.05) is 29.2 Å². The number of aromatic nitrogens is 3. The molecular formula is C15H19N5O3. The summed E-state index contributed by atoms with van der Waals surface area (Å²) in [5.41, 5.74) is 0.685. The van der Waals surface area contributed by atoms with Crippen LogP contribution in [0.25, 0.3) is 0 Å². The maximum atomic E-state index is 12.2. The third-order valence-corrected chi connectivity index (χ3v) is 3.71. The number of para-hydroxylation sites is 1. The Morgan fingerprint density at radius 1 is 1.48 bits per heavy atom. The van der Waals surface area contributed by atoms with Crippen molar-refractivity contribution in [1.82, 2.24) is 25.4 Å². The first-order chi connectivity index (χ1) is 11.1. The minimum absolute atomic E-state index is 0.124. The molecule has 0 radical (unpaired) electrons. The molecule has 1 aromatic heterocycles. The van der Waals surface area contributed by atoms with Gasteiger partial charge in [-0.1, -0.05) is 18.2 Å². The second kappa shape index (κ2) is 6.66. The van der Waals surface area contributed by atoms with Crippen molar-refractivity contribution < 1.29 is 9.53 Å². The highest BCUT2D eigenvalue weighted by Crippen LogP contribution is 2.22. The van der Waals surface area contributed by atoms with E-state index in [0.717, 1.165) is 11.3 Å². The summed E-state index contributed by atoms with van der Waals surface area (Å²) >= 11 is 0. The van der Waals surface area contributed by atoms with Gasteiger partial charge in [0.05, 0.1) is 12.6 Å². The fourth-order valence-electron chi connectivity index (χ4n) is 2.56. The molecule has 1 atom stereocenters. The Labute approximate surface area is 132 Å². The van der Waals surface area contributed by atoms with Crippen LogP contribution in [0.5, 0.6) is 5.75 Å². The quantitative estimate of drug-likeness (QED) is 0.746. The van der Waals surface area contributed by atoms with E-state index in [1.54, 1.807) is 6.92 Å². The number of H-pyrrole nitrogens is 2. The van der Waals surface area contributed by atoms with E-state index in [2.05, 4.69) is 20.5 Å². The fourth-order valence-corrected chi connectivity index (χ4v) is 2.56. The van der Waals surface area contributed by atoms with E-state index in [1.165, 1.54) is 0 Å². The molecule has 0 bridgehead atoms. The lowest BCUT2D eigenvalue weighted by Crippen LogP contribution is -2.39. The van der Waals surface area contributed by atoms with Gasteiger partial charge in [0.2, 0.25) is 5.91 Å². The van der Waals surface area contributed by atoms with Crippen LogP contribution in [0, 0.1) is 0 Å². The topological polar surface area (TPSA) is 103 Å². The molecule has 0 saturated carbocycles. The molecule has 1 amide bonds. The standard InChI is InChI=1S/C15H19N5O3/c1-10(14-17-15(22)19-18-14)16-13(21)9-20-6-7-23-12-5-3-2-4-11(12)8-20/h2-5,10H,6-9H2,1H3,(H,16,21)(H2,17,18,19,22)/t10-/m0/s1. The number of hydrogen-bond donors (Lipinski definition) is 3. The average Bonchev–Trinajstić information content (AvgIpc) is 2.85. The average molecular weight is 317 g/mol. The van der Waals surface area contributed by atoms with Gasteiger partial charge >= 0.3 is 5.69 Å². The number of nitrogens with zero attached hydrogens (tertiary/aromatic N) is 2. The van der Waals surface area contributed by atoms with E-state index < -0.39 is 0 Å². The molecule has 1 aromatic carbocycles. The SMILES string of the molecule is C[C@H](NC(=O)CN1CCOc2ccccc2C1)c1n[nH]c(=O)[nH]1. The second-order valence-electron chi connectivity index (χ2n) is 5.52. The second-order valence-corrected chi connectivity index (χ2v) is 5.52. The third kappa shape index (κ3) is 3.78. The highest BCUT2D eigenvalue weighted by atomic mass is 16.5. The maximum absolute atomic E-state index is 12.2. The van der Waals surface area contributed by atoms with Gasteiger partial charge in [-0.25, -0.2) is 9.89 Å². The number of amides is 1. The van der Waals surface area contributed by atoms with Crippen LogP contribution in [0.3, 0.4) is 0 Å². The maximum Gasteiger partial charge on any atom is 0.340 e. The number of fused-ring (bicyclic) bond motifs is 1. The zero-order chi connectivity index (χ0) is 16.2. The summed E-state index contributed by atoms with van der Waals surface area (Å²) in [5, 5.41) is 8.93. The van der Waals surface area contributed by atoms with Gasteiger partial charge in [0.1, 0.15) is 12.4 Å². The molecule has 8 nitrogen and oxygen atoms in total. The van der Waals surface area contributed by atoms with Crippen molar-refractivity contribution in [2.24, 2.45) is 0 Å². The molecular weight excluding hydrogens is 298 g/mol. The third-order valence-electron chi connectivity index (χ3n) is 3.71. The predicted molar refractivity (Wildman–Crippen MR) is 83.0 cm³/mol. The summed E-state index contributed by atoms with van der Waals surface area (Å²) in [5.74, 6) is 1.16. The van der Waals surface area contributed by atoms with Crippen molar-refractivity contribution in [3.63, 3.8) is 0 Å². The van der Waals surface area contributed by atoms with Gasteiger partial charge in [0.25, 0.3) is 0 Å². The molecule has 0 saturated heterocycles. The number of benzene rings is 1.